The molecule has 2 atom stereocenters. The standard InChI is InChI=1S/C13H26N2O2/c1-3-7-14-12-8-11(5-6-13(16)17)9-15(4-2)10-12/h11-12,14H,3-10H2,1-2H3,(H,16,17). The Morgan fingerprint density at radius 3 is 2.76 bits per heavy atom. The number of carbonyl (C=O) groups is 1. The molecule has 1 rings (SSSR count). The van der Waals surface area contributed by atoms with Gasteiger partial charge in [-0.1, -0.05) is 13.8 Å². The van der Waals surface area contributed by atoms with Crippen molar-refractivity contribution in [1.82, 2.24) is 10.2 Å². The molecule has 100 valence electrons. The zero-order valence-corrected chi connectivity index (χ0v) is 11.1. The first kappa shape index (κ1) is 14.5. The van der Waals surface area contributed by atoms with Crippen molar-refractivity contribution in [3.8, 4) is 0 Å². The molecule has 17 heavy (non-hydrogen) atoms. The number of carboxylic acids is 1. The van der Waals surface area contributed by atoms with E-state index in [9.17, 15) is 4.79 Å². The van der Waals surface area contributed by atoms with Gasteiger partial charge in [0.2, 0.25) is 0 Å². The summed E-state index contributed by atoms with van der Waals surface area (Å²) in [6.07, 6.45) is 3.41. The van der Waals surface area contributed by atoms with Crippen LogP contribution in [0.1, 0.15) is 39.5 Å². The Morgan fingerprint density at radius 2 is 2.18 bits per heavy atom. The van der Waals surface area contributed by atoms with Crippen LogP contribution in [0.25, 0.3) is 0 Å². The van der Waals surface area contributed by atoms with Crippen LogP contribution in [0.3, 0.4) is 0 Å². The number of piperidine rings is 1. The summed E-state index contributed by atoms with van der Waals surface area (Å²) in [6.45, 7) is 8.65. The molecule has 2 N–H and O–H groups in total. The molecule has 4 heteroatoms. The molecule has 0 amide bonds. The molecule has 1 saturated heterocycles. The van der Waals surface area contributed by atoms with Crippen LogP contribution in [0, 0.1) is 5.92 Å². The van der Waals surface area contributed by atoms with E-state index in [2.05, 4.69) is 24.1 Å². The van der Waals surface area contributed by atoms with Crippen molar-refractivity contribution in [2.75, 3.05) is 26.2 Å². The summed E-state index contributed by atoms with van der Waals surface area (Å²) >= 11 is 0. The van der Waals surface area contributed by atoms with Gasteiger partial charge in [-0.25, -0.2) is 0 Å². The number of aliphatic carboxylic acids is 1. The van der Waals surface area contributed by atoms with E-state index in [1.807, 2.05) is 0 Å². The third-order valence-electron chi connectivity index (χ3n) is 3.51. The highest BCUT2D eigenvalue weighted by Gasteiger charge is 2.26. The summed E-state index contributed by atoms with van der Waals surface area (Å²) in [5.41, 5.74) is 0. The second-order valence-electron chi connectivity index (χ2n) is 5.04. The molecule has 1 aliphatic heterocycles. The number of nitrogens with one attached hydrogen (secondary N) is 1. The van der Waals surface area contributed by atoms with Gasteiger partial charge >= 0.3 is 5.97 Å². The Hall–Kier alpha value is -0.610. The first-order chi connectivity index (χ1) is 8.15. The fourth-order valence-corrected chi connectivity index (χ4v) is 2.59. The number of likely N-dealkylation sites (tertiary alicyclic amines) is 1. The van der Waals surface area contributed by atoms with Gasteiger partial charge in [-0.3, -0.25) is 4.79 Å². The molecule has 0 aliphatic carbocycles. The Bertz CT molecular complexity index is 233. The van der Waals surface area contributed by atoms with Gasteiger partial charge in [0.15, 0.2) is 0 Å². The van der Waals surface area contributed by atoms with E-state index in [0.717, 1.165) is 45.4 Å². The first-order valence-electron chi connectivity index (χ1n) is 6.83. The molecule has 2 unspecified atom stereocenters. The highest BCUT2D eigenvalue weighted by Crippen LogP contribution is 2.21. The van der Waals surface area contributed by atoms with Crippen LogP contribution in [0.2, 0.25) is 0 Å². The second kappa shape index (κ2) is 7.67. The van der Waals surface area contributed by atoms with E-state index in [-0.39, 0.29) is 0 Å². The number of hydrogen-bond acceptors (Lipinski definition) is 3. The van der Waals surface area contributed by atoms with Gasteiger partial charge in [-0.05, 0) is 38.3 Å². The van der Waals surface area contributed by atoms with Gasteiger partial charge < -0.3 is 15.3 Å². The average molecular weight is 242 g/mol. The molecule has 0 aromatic carbocycles. The zero-order valence-electron chi connectivity index (χ0n) is 11.1. The first-order valence-corrected chi connectivity index (χ1v) is 6.83. The molecule has 0 spiro atoms. The van der Waals surface area contributed by atoms with Crippen molar-refractivity contribution in [3.63, 3.8) is 0 Å². The van der Waals surface area contributed by atoms with Crippen LogP contribution in [0.4, 0.5) is 0 Å². The quantitative estimate of drug-likeness (QED) is 0.711. The lowest BCUT2D eigenvalue weighted by Crippen LogP contribution is -2.49. The summed E-state index contributed by atoms with van der Waals surface area (Å²) in [5, 5.41) is 12.3. The van der Waals surface area contributed by atoms with Crippen molar-refractivity contribution in [2.24, 2.45) is 5.92 Å². The highest BCUT2D eigenvalue weighted by molar-refractivity contribution is 5.66. The third-order valence-corrected chi connectivity index (χ3v) is 3.51. The Morgan fingerprint density at radius 1 is 1.41 bits per heavy atom. The van der Waals surface area contributed by atoms with Gasteiger partial charge in [0, 0.05) is 25.6 Å². The van der Waals surface area contributed by atoms with E-state index < -0.39 is 5.97 Å². The molecule has 1 fully saturated rings. The van der Waals surface area contributed by atoms with E-state index in [1.165, 1.54) is 0 Å². The van der Waals surface area contributed by atoms with Crippen LogP contribution in [-0.4, -0.2) is 48.2 Å². The SMILES string of the molecule is CCCNC1CC(CCC(=O)O)CN(CC)C1. The minimum Gasteiger partial charge on any atom is -0.481 e. The van der Waals surface area contributed by atoms with Gasteiger partial charge in [0.25, 0.3) is 0 Å². The average Bonchev–Trinajstić information content (AvgIpc) is 2.33. The molecule has 0 bridgehead atoms. The molecule has 1 aliphatic rings. The Kier molecular flexibility index (Phi) is 6.52. The molecule has 0 radical (unpaired) electrons. The smallest absolute Gasteiger partial charge is 0.303 e. The summed E-state index contributed by atoms with van der Waals surface area (Å²) < 4.78 is 0. The monoisotopic (exact) mass is 242 g/mol. The lowest BCUT2D eigenvalue weighted by molar-refractivity contribution is -0.137. The lowest BCUT2D eigenvalue weighted by Gasteiger charge is -2.37. The highest BCUT2D eigenvalue weighted by atomic mass is 16.4. The molecule has 0 saturated carbocycles. The van der Waals surface area contributed by atoms with Crippen molar-refractivity contribution < 1.29 is 9.90 Å². The van der Waals surface area contributed by atoms with Crippen LogP contribution < -0.4 is 5.32 Å². The minimum absolute atomic E-state index is 0.308. The summed E-state index contributed by atoms with van der Waals surface area (Å²) in [6, 6.07) is 0.544. The normalized spacial score (nSPS) is 26.0. The van der Waals surface area contributed by atoms with E-state index in [4.69, 9.17) is 5.11 Å². The minimum atomic E-state index is -0.670. The van der Waals surface area contributed by atoms with Crippen molar-refractivity contribution in [3.05, 3.63) is 0 Å². The largest absolute Gasteiger partial charge is 0.481 e. The van der Waals surface area contributed by atoms with Crippen molar-refractivity contribution in [1.29, 1.82) is 0 Å². The van der Waals surface area contributed by atoms with Crippen LogP contribution in [0.15, 0.2) is 0 Å². The Labute approximate surface area is 104 Å². The number of rotatable bonds is 7. The second-order valence-corrected chi connectivity index (χ2v) is 5.04. The van der Waals surface area contributed by atoms with Crippen molar-refractivity contribution >= 4 is 5.97 Å². The molecule has 4 nitrogen and oxygen atoms in total. The summed E-state index contributed by atoms with van der Waals surface area (Å²) in [4.78, 5) is 13.1. The Balaban J connectivity index is 2.39. The van der Waals surface area contributed by atoms with Crippen LogP contribution in [-0.2, 0) is 4.79 Å². The number of hydrogen-bond donors (Lipinski definition) is 2. The predicted molar refractivity (Wildman–Crippen MR) is 69.2 cm³/mol. The van der Waals surface area contributed by atoms with Gasteiger partial charge in [0.05, 0.1) is 0 Å². The number of nitrogens with zero attached hydrogens (tertiary/aromatic N) is 1. The topological polar surface area (TPSA) is 52.6 Å². The molecular weight excluding hydrogens is 216 g/mol. The number of likely N-dealkylation sites (N-methyl/N-ethyl adjacent to an activating group) is 1. The zero-order chi connectivity index (χ0) is 12.7. The number of carboxylic acid groups (broad SMARTS) is 1. The van der Waals surface area contributed by atoms with Crippen molar-refractivity contribution in [2.45, 2.75) is 45.6 Å². The molecule has 1 heterocycles. The van der Waals surface area contributed by atoms with E-state index in [0.29, 0.717) is 18.4 Å². The molecular formula is C13H26N2O2. The van der Waals surface area contributed by atoms with Crippen LogP contribution in [0.5, 0.6) is 0 Å². The lowest BCUT2D eigenvalue weighted by atomic mass is 9.90. The van der Waals surface area contributed by atoms with E-state index >= 15 is 0 Å². The molecule has 0 aromatic rings. The van der Waals surface area contributed by atoms with Gasteiger partial charge in [-0.2, -0.15) is 0 Å². The predicted octanol–water partition coefficient (Wildman–Crippen LogP) is 1.56. The maximum atomic E-state index is 10.6. The maximum absolute atomic E-state index is 10.6. The molecule has 0 aromatic heterocycles. The summed E-state index contributed by atoms with van der Waals surface area (Å²) in [7, 11) is 0. The third kappa shape index (κ3) is 5.50. The van der Waals surface area contributed by atoms with Gasteiger partial charge in [0.1, 0.15) is 0 Å². The van der Waals surface area contributed by atoms with Gasteiger partial charge in [-0.15, -0.1) is 0 Å². The maximum Gasteiger partial charge on any atom is 0.303 e. The van der Waals surface area contributed by atoms with Crippen LogP contribution >= 0.6 is 0 Å². The fraction of sp³-hybridized carbons (Fsp3) is 0.923. The summed E-state index contributed by atoms with van der Waals surface area (Å²) in [5.74, 6) is -0.133. The van der Waals surface area contributed by atoms with E-state index in [1.54, 1.807) is 0 Å². The fourth-order valence-electron chi connectivity index (χ4n) is 2.59.